The van der Waals surface area contributed by atoms with E-state index in [0.29, 0.717) is 9.93 Å². The first-order chi connectivity index (χ1) is 12.8. The molecular formula is C17H15N2NaO5S3. The van der Waals surface area contributed by atoms with Crippen molar-refractivity contribution in [3.05, 3.63) is 56.1 Å². The number of aromatic nitrogens is 1. The van der Waals surface area contributed by atoms with Crippen LogP contribution in [0.2, 0.25) is 0 Å². The maximum absolute atomic E-state index is 13.3. The van der Waals surface area contributed by atoms with Gasteiger partial charge >= 0.3 is 29.6 Å². The summed E-state index contributed by atoms with van der Waals surface area (Å²) in [6.45, 7) is 1.38. The third-order valence-electron chi connectivity index (χ3n) is 4.22. The van der Waals surface area contributed by atoms with E-state index in [-0.39, 0.29) is 45.6 Å². The minimum Gasteiger partial charge on any atom is -0.543 e. The second kappa shape index (κ2) is 8.76. The van der Waals surface area contributed by atoms with E-state index in [4.69, 9.17) is 0 Å². The fraction of sp³-hybridized carbons (Fsp3) is 0.235. The zero-order valence-electron chi connectivity index (χ0n) is 15.6. The van der Waals surface area contributed by atoms with Crippen LogP contribution in [-0.2, 0) is 19.4 Å². The van der Waals surface area contributed by atoms with E-state index in [0.717, 1.165) is 4.90 Å². The standard InChI is InChI=1S/C17H16N2O5S3.Na/c1-9-12(16(21)22)19-14(20)11(8-10-6-4-5-7-18-10)15(19)27(23,24)13(9)17(25-2)26-3;/h4-8,15H,1-3H3,(H,21,22);/q;+1/p-1/b11-8-;. The van der Waals surface area contributed by atoms with Crippen LogP contribution in [0.1, 0.15) is 12.6 Å². The number of carboxylic acids is 1. The topological polar surface area (TPSA) is 107 Å². The molecule has 0 aliphatic carbocycles. The molecule has 28 heavy (non-hydrogen) atoms. The molecule has 0 spiro atoms. The predicted molar refractivity (Wildman–Crippen MR) is 104 cm³/mol. The van der Waals surface area contributed by atoms with Crippen molar-refractivity contribution in [3.63, 3.8) is 0 Å². The molecule has 1 fully saturated rings. The number of rotatable bonds is 4. The third-order valence-corrected chi connectivity index (χ3v) is 8.76. The van der Waals surface area contributed by atoms with E-state index in [1.807, 2.05) is 0 Å². The molecule has 1 aromatic heterocycles. The van der Waals surface area contributed by atoms with Crippen molar-refractivity contribution in [2.75, 3.05) is 12.5 Å². The van der Waals surface area contributed by atoms with Gasteiger partial charge in [0.25, 0.3) is 5.91 Å². The molecule has 11 heteroatoms. The number of sulfone groups is 1. The SMILES string of the molecule is CSC(SC)=C1C(C)=C(C(=O)[O-])N2C(=O)/C(=C/c3ccccn3)C2S1(=O)=O.[Na+]. The minimum absolute atomic E-state index is 0. The predicted octanol–water partition coefficient (Wildman–Crippen LogP) is -2.02. The Morgan fingerprint density at radius 1 is 1.29 bits per heavy atom. The Balaban J connectivity index is 0.00000280. The van der Waals surface area contributed by atoms with Gasteiger partial charge in [0.1, 0.15) is 0 Å². The average molecular weight is 447 g/mol. The molecule has 2 aliphatic rings. The summed E-state index contributed by atoms with van der Waals surface area (Å²) in [5, 5.41) is 10.3. The Bertz CT molecular complexity index is 1030. The van der Waals surface area contributed by atoms with E-state index in [2.05, 4.69) is 4.98 Å². The van der Waals surface area contributed by atoms with Gasteiger partial charge in [-0.1, -0.05) is 6.07 Å². The van der Waals surface area contributed by atoms with Gasteiger partial charge in [-0.15, -0.1) is 23.5 Å². The molecule has 142 valence electrons. The van der Waals surface area contributed by atoms with Gasteiger partial charge in [-0.05, 0) is 43.2 Å². The molecular weight excluding hydrogens is 431 g/mol. The van der Waals surface area contributed by atoms with Crippen LogP contribution in [0.5, 0.6) is 0 Å². The molecule has 1 aromatic rings. The fourth-order valence-electron chi connectivity index (χ4n) is 3.11. The Hall–Kier alpha value is -1.04. The number of carboxylic acid groups (broad SMARTS) is 1. The summed E-state index contributed by atoms with van der Waals surface area (Å²) < 4.78 is 27.0. The number of allylic oxidation sites excluding steroid dienone is 1. The van der Waals surface area contributed by atoms with Crippen LogP contribution >= 0.6 is 23.5 Å². The number of amides is 1. The molecule has 0 aromatic carbocycles. The molecule has 2 aliphatic heterocycles. The van der Waals surface area contributed by atoms with Crippen LogP contribution < -0.4 is 34.7 Å². The number of fused-ring (bicyclic) bond motifs is 1. The zero-order valence-corrected chi connectivity index (χ0v) is 20.1. The maximum atomic E-state index is 13.3. The summed E-state index contributed by atoms with van der Waals surface area (Å²) in [5.41, 5.74) is 0.000231. The minimum atomic E-state index is -4.01. The summed E-state index contributed by atoms with van der Waals surface area (Å²) >= 11 is 2.42. The Morgan fingerprint density at radius 2 is 1.93 bits per heavy atom. The van der Waals surface area contributed by atoms with E-state index in [9.17, 15) is 23.1 Å². The molecule has 0 bridgehead atoms. The maximum Gasteiger partial charge on any atom is 1.00 e. The smallest absolute Gasteiger partial charge is 0.543 e. The zero-order chi connectivity index (χ0) is 19.9. The van der Waals surface area contributed by atoms with Crippen molar-refractivity contribution in [1.29, 1.82) is 0 Å². The second-order valence-corrected chi connectivity index (χ2v) is 9.55. The summed E-state index contributed by atoms with van der Waals surface area (Å²) in [5.74, 6) is -2.27. The number of carbonyl (C=O) groups is 2. The van der Waals surface area contributed by atoms with Gasteiger partial charge in [0.15, 0.2) is 5.37 Å². The first-order valence-electron chi connectivity index (χ1n) is 7.70. The number of pyridine rings is 1. The van der Waals surface area contributed by atoms with Crippen molar-refractivity contribution in [2.24, 2.45) is 0 Å². The number of thioether (sulfide) groups is 2. The molecule has 1 amide bonds. The molecule has 1 atom stereocenters. The molecule has 0 saturated carbocycles. The summed E-state index contributed by atoms with van der Waals surface area (Å²) in [6, 6.07) is 5.03. The van der Waals surface area contributed by atoms with E-state index in [1.54, 1.807) is 30.7 Å². The van der Waals surface area contributed by atoms with Gasteiger partial charge < -0.3 is 9.90 Å². The molecule has 1 saturated heterocycles. The first-order valence-corrected chi connectivity index (χ1v) is 11.7. The monoisotopic (exact) mass is 446 g/mol. The van der Waals surface area contributed by atoms with Gasteiger partial charge in [-0.3, -0.25) is 14.7 Å². The van der Waals surface area contributed by atoms with Crippen LogP contribution in [0.3, 0.4) is 0 Å². The van der Waals surface area contributed by atoms with Crippen LogP contribution in [0.4, 0.5) is 0 Å². The van der Waals surface area contributed by atoms with Crippen molar-refractivity contribution in [2.45, 2.75) is 12.3 Å². The average Bonchev–Trinajstić information content (AvgIpc) is 2.63. The summed E-state index contributed by atoms with van der Waals surface area (Å²) in [7, 11) is -4.01. The number of β-lactam (4-membered cyclic amide) rings is 1. The van der Waals surface area contributed by atoms with Crippen LogP contribution in [-0.4, -0.2) is 48.1 Å². The Morgan fingerprint density at radius 3 is 2.43 bits per heavy atom. The van der Waals surface area contributed by atoms with Gasteiger partial charge in [-0.2, -0.15) is 0 Å². The van der Waals surface area contributed by atoms with Gasteiger partial charge in [0.2, 0.25) is 9.84 Å². The van der Waals surface area contributed by atoms with E-state index < -0.39 is 32.8 Å². The van der Waals surface area contributed by atoms with Gasteiger partial charge in [0, 0.05) is 6.20 Å². The summed E-state index contributed by atoms with van der Waals surface area (Å²) in [6.07, 6.45) is 6.32. The van der Waals surface area contributed by atoms with Crippen molar-refractivity contribution >= 4 is 51.3 Å². The van der Waals surface area contributed by atoms with Crippen molar-refractivity contribution in [1.82, 2.24) is 9.88 Å². The van der Waals surface area contributed by atoms with E-state index >= 15 is 0 Å². The first kappa shape index (κ1) is 23.2. The van der Waals surface area contributed by atoms with Crippen LogP contribution in [0.25, 0.3) is 6.08 Å². The van der Waals surface area contributed by atoms with Gasteiger partial charge in [0.05, 0.1) is 32.1 Å². The second-order valence-electron chi connectivity index (χ2n) is 5.71. The molecule has 1 unspecified atom stereocenters. The largest absolute Gasteiger partial charge is 1.00 e. The Labute approximate surface area is 193 Å². The number of nitrogens with zero attached hydrogens (tertiary/aromatic N) is 2. The third kappa shape index (κ3) is 3.61. The molecule has 0 N–H and O–H groups in total. The normalized spacial score (nSPS) is 21.8. The van der Waals surface area contributed by atoms with E-state index in [1.165, 1.54) is 42.7 Å². The fourth-order valence-corrected chi connectivity index (χ4v) is 7.61. The van der Waals surface area contributed by atoms with Crippen LogP contribution in [0.15, 0.2) is 50.4 Å². The number of carbonyl (C=O) groups excluding carboxylic acids is 2. The van der Waals surface area contributed by atoms with Crippen molar-refractivity contribution in [3.8, 4) is 0 Å². The molecule has 0 radical (unpaired) electrons. The molecule has 3 heterocycles. The quantitative estimate of drug-likeness (QED) is 0.297. The number of hydrogen-bond acceptors (Lipinski definition) is 8. The summed E-state index contributed by atoms with van der Waals surface area (Å²) in [4.78, 5) is 29.1. The number of aliphatic carboxylic acids is 1. The molecule has 7 nitrogen and oxygen atoms in total. The number of hydrogen-bond donors (Lipinski definition) is 0. The Kier molecular flexibility index (Phi) is 7.27. The van der Waals surface area contributed by atoms with Gasteiger partial charge in [-0.25, -0.2) is 8.42 Å². The van der Waals surface area contributed by atoms with Crippen LogP contribution in [0, 0.1) is 0 Å². The molecule has 3 rings (SSSR count). The van der Waals surface area contributed by atoms with Crippen molar-refractivity contribution < 1.29 is 52.7 Å².